The Balaban J connectivity index is 2.29. The third-order valence-electron chi connectivity index (χ3n) is 3.89. The number of hydrogen-bond acceptors (Lipinski definition) is 8. The molecule has 0 spiro atoms. The molecule has 0 saturated carbocycles. The summed E-state index contributed by atoms with van der Waals surface area (Å²) in [4.78, 5) is 11.2. The number of aliphatic hydroxyl groups is 4. The van der Waals surface area contributed by atoms with Gasteiger partial charge in [0, 0.05) is 0 Å². The van der Waals surface area contributed by atoms with Gasteiger partial charge in [0.2, 0.25) is 0 Å². The fraction of sp³-hybridized carbons (Fsp3) is 0.562. The molecule has 27 heavy (non-hydrogen) atoms. The molecule has 1 aromatic carbocycles. The zero-order chi connectivity index (χ0) is 20.4. The van der Waals surface area contributed by atoms with Crippen molar-refractivity contribution in [3.05, 3.63) is 35.9 Å². The molecule has 5 atom stereocenters. The average molecular weight is 396 g/mol. The topological polar surface area (TPSA) is 126 Å². The number of aliphatic hydroxyl groups excluding tert-OH is 2. The summed E-state index contributed by atoms with van der Waals surface area (Å²) in [5, 5.41) is 39.3. The second-order valence-electron chi connectivity index (χ2n) is 6.06. The Hall–Kier alpha value is -1.76. The Morgan fingerprint density at radius 3 is 2.37 bits per heavy atom. The fourth-order valence-corrected chi connectivity index (χ4v) is 2.57. The Kier molecular flexibility index (Phi) is 6.45. The lowest BCUT2D eigenvalue weighted by atomic mass is 9.94. The lowest BCUT2D eigenvalue weighted by Gasteiger charge is -2.46. The predicted octanol–water partition coefficient (Wildman–Crippen LogP) is -0.175. The highest BCUT2D eigenvalue weighted by atomic mass is 19.4. The molecule has 152 valence electrons. The van der Waals surface area contributed by atoms with E-state index in [0.717, 1.165) is 6.92 Å². The molecule has 0 bridgehead atoms. The largest absolute Gasteiger partial charge is 0.490 e. The van der Waals surface area contributed by atoms with Crippen LogP contribution in [0.25, 0.3) is 0 Å². The maximum atomic E-state index is 12.6. The molecule has 11 heteroatoms. The molecule has 1 saturated heterocycles. The van der Waals surface area contributed by atoms with Crippen molar-refractivity contribution in [1.29, 1.82) is 0 Å². The minimum atomic E-state index is -5.36. The molecule has 0 aromatic heterocycles. The first-order chi connectivity index (χ1) is 12.4. The number of rotatable bonds is 5. The molecule has 0 aliphatic carbocycles. The lowest BCUT2D eigenvalue weighted by molar-refractivity contribution is -0.442. The van der Waals surface area contributed by atoms with Gasteiger partial charge >= 0.3 is 18.1 Å². The number of benzene rings is 1. The normalized spacial score (nSPS) is 29.2. The Bertz CT molecular complexity index is 634. The third kappa shape index (κ3) is 5.15. The van der Waals surface area contributed by atoms with Crippen molar-refractivity contribution in [3.63, 3.8) is 0 Å². The Morgan fingerprint density at radius 2 is 1.85 bits per heavy atom. The first-order valence-electron chi connectivity index (χ1n) is 7.85. The van der Waals surface area contributed by atoms with Gasteiger partial charge in [-0.1, -0.05) is 30.3 Å². The summed E-state index contributed by atoms with van der Waals surface area (Å²) < 4.78 is 52.0. The molecule has 1 unspecified atom stereocenters. The first kappa shape index (κ1) is 21.5. The number of esters is 1. The molecule has 1 aromatic rings. The number of halogens is 3. The maximum Gasteiger partial charge on any atom is 0.490 e. The lowest BCUT2D eigenvalue weighted by Crippen LogP contribution is -2.68. The van der Waals surface area contributed by atoms with Crippen LogP contribution in [0.1, 0.15) is 12.5 Å². The summed E-state index contributed by atoms with van der Waals surface area (Å²) in [5.41, 5.74) is 0.548. The van der Waals surface area contributed by atoms with E-state index in [0.29, 0.717) is 5.56 Å². The van der Waals surface area contributed by atoms with Crippen LogP contribution in [0.3, 0.4) is 0 Å². The van der Waals surface area contributed by atoms with Crippen molar-refractivity contribution in [2.45, 2.75) is 56.2 Å². The van der Waals surface area contributed by atoms with E-state index < -0.39 is 48.6 Å². The number of carbonyl (C=O) groups excluding carboxylic acids is 1. The van der Waals surface area contributed by atoms with Gasteiger partial charge in [-0.15, -0.1) is 0 Å². The van der Waals surface area contributed by atoms with Gasteiger partial charge in [-0.3, -0.25) is 0 Å². The van der Waals surface area contributed by atoms with E-state index in [2.05, 4.69) is 9.47 Å². The molecular weight excluding hydrogens is 377 g/mol. The van der Waals surface area contributed by atoms with Crippen LogP contribution in [0.5, 0.6) is 0 Å². The summed E-state index contributed by atoms with van der Waals surface area (Å²) in [6, 6.07) is 8.23. The van der Waals surface area contributed by atoms with E-state index in [-0.39, 0.29) is 6.61 Å². The summed E-state index contributed by atoms with van der Waals surface area (Å²) in [5.74, 6) is -5.85. The van der Waals surface area contributed by atoms with Crippen LogP contribution in [-0.2, 0) is 25.6 Å². The smallest absolute Gasteiger partial charge is 0.450 e. The quantitative estimate of drug-likeness (QED) is 0.399. The van der Waals surface area contributed by atoms with Crippen molar-refractivity contribution in [3.8, 4) is 0 Å². The minimum Gasteiger partial charge on any atom is -0.450 e. The van der Waals surface area contributed by atoms with Crippen LogP contribution in [0.2, 0.25) is 0 Å². The van der Waals surface area contributed by atoms with Crippen LogP contribution in [0, 0.1) is 0 Å². The third-order valence-corrected chi connectivity index (χ3v) is 3.89. The molecule has 0 radical (unpaired) electrons. The summed E-state index contributed by atoms with van der Waals surface area (Å²) in [6.07, 6.45) is -14.8. The van der Waals surface area contributed by atoms with Gasteiger partial charge in [-0.25, -0.2) is 4.79 Å². The molecule has 4 N–H and O–H groups in total. The SMILES string of the molecule is CC(O)[C@@H]1OC(O)(O)[C@H](O)[C@@H](OCc2ccccc2)[C@@H]1OC(=O)C(F)(F)F. The van der Waals surface area contributed by atoms with Gasteiger partial charge in [0.25, 0.3) is 0 Å². The van der Waals surface area contributed by atoms with E-state index >= 15 is 0 Å². The first-order valence-corrected chi connectivity index (χ1v) is 7.85. The standard InChI is InChI=1S/C16H19F3O8/c1-8(20)10-11(26-14(22)15(17,18)19)12(13(21)16(23,24)27-10)25-7-9-5-3-2-4-6-9/h2-6,8,10-13,20-21,23-24H,7H2,1H3/t8?,10-,11+,12-,13+/m0/s1. The highest BCUT2D eigenvalue weighted by Crippen LogP contribution is 2.33. The van der Waals surface area contributed by atoms with Gasteiger partial charge in [-0.05, 0) is 12.5 Å². The highest BCUT2D eigenvalue weighted by Gasteiger charge is 2.58. The Morgan fingerprint density at radius 1 is 1.26 bits per heavy atom. The molecule has 1 fully saturated rings. The monoisotopic (exact) mass is 396 g/mol. The van der Waals surface area contributed by atoms with Crippen LogP contribution >= 0.6 is 0 Å². The van der Waals surface area contributed by atoms with E-state index in [9.17, 15) is 38.4 Å². The van der Waals surface area contributed by atoms with Gasteiger partial charge < -0.3 is 34.6 Å². The molecule has 0 amide bonds. The molecule has 1 aliphatic heterocycles. The van der Waals surface area contributed by atoms with Crippen molar-refractivity contribution >= 4 is 5.97 Å². The number of carbonyl (C=O) groups is 1. The number of alkyl halides is 3. The van der Waals surface area contributed by atoms with Gasteiger partial charge in [0.05, 0.1) is 12.7 Å². The van der Waals surface area contributed by atoms with Crippen LogP contribution in [0.4, 0.5) is 13.2 Å². The zero-order valence-electron chi connectivity index (χ0n) is 14.0. The number of ether oxygens (including phenoxy) is 3. The van der Waals surface area contributed by atoms with E-state index in [1.54, 1.807) is 30.3 Å². The predicted molar refractivity (Wildman–Crippen MR) is 80.7 cm³/mol. The second-order valence-corrected chi connectivity index (χ2v) is 6.06. The van der Waals surface area contributed by atoms with Crippen molar-refractivity contribution < 1.29 is 52.6 Å². The van der Waals surface area contributed by atoms with Crippen LogP contribution < -0.4 is 0 Å². The van der Waals surface area contributed by atoms with E-state index in [1.807, 2.05) is 0 Å². The van der Waals surface area contributed by atoms with Gasteiger partial charge in [0.15, 0.2) is 12.2 Å². The van der Waals surface area contributed by atoms with Crippen molar-refractivity contribution in [2.24, 2.45) is 0 Å². The summed E-state index contributed by atoms with van der Waals surface area (Å²) in [6.45, 7) is 0.812. The second kappa shape index (κ2) is 8.09. The summed E-state index contributed by atoms with van der Waals surface area (Å²) >= 11 is 0. The van der Waals surface area contributed by atoms with Crippen LogP contribution in [0.15, 0.2) is 30.3 Å². The zero-order valence-corrected chi connectivity index (χ0v) is 14.0. The highest BCUT2D eigenvalue weighted by molar-refractivity contribution is 5.75. The van der Waals surface area contributed by atoms with Crippen LogP contribution in [-0.4, -0.2) is 69.1 Å². The fourth-order valence-electron chi connectivity index (χ4n) is 2.57. The summed E-state index contributed by atoms with van der Waals surface area (Å²) in [7, 11) is 0. The van der Waals surface area contributed by atoms with Gasteiger partial charge in [-0.2, -0.15) is 13.2 Å². The number of hydrogen-bond donors (Lipinski definition) is 4. The maximum absolute atomic E-state index is 12.6. The molecule has 8 nitrogen and oxygen atoms in total. The molecule has 1 heterocycles. The minimum absolute atomic E-state index is 0.259. The van der Waals surface area contributed by atoms with Crippen molar-refractivity contribution in [1.82, 2.24) is 0 Å². The average Bonchev–Trinajstić information content (AvgIpc) is 2.57. The van der Waals surface area contributed by atoms with Gasteiger partial charge in [0.1, 0.15) is 12.2 Å². The molecule has 1 aliphatic rings. The molecular formula is C16H19F3O8. The van der Waals surface area contributed by atoms with E-state index in [1.165, 1.54) is 0 Å². The molecule has 2 rings (SSSR count). The van der Waals surface area contributed by atoms with E-state index in [4.69, 9.17) is 4.74 Å². The Labute approximate surface area is 151 Å². The van der Waals surface area contributed by atoms with Crippen molar-refractivity contribution in [2.75, 3.05) is 0 Å².